The van der Waals surface area contributed by atoms with Gasteiger partial charge < -0.3 is 9.84 Å². The number of aliphatic hydroxyl groups excluding tert-OH is 1. The van der Waals surface area contributed by atoms with Gasteiger partial charge >= 0.3 is 5.91 Å². The highest BCUT2D eigenvalue weighted by Gasteiger charge is 2.48. The van der Waals surface area contributed by atoms with Crippen molar-refractivity contribution in [3.8, 4) is 5.75 Å². The van der Waals surface area contributed by atoms with Gasteiger partial charge in [0.15, 0.2) is 5.13 Å². The minimum Gasteiger partial charge on any atom is -0.507 e. The molecule has 1 aliphatic heterocycles. The number of rotatable bonds is 6. The number of carbonyl (C=O) groups excluding carboxylic acids is 2. The topological polar surface area (TPSA) is 79.7 Å². The molecule has 0 bridgehead atoms. The van der Waals surface area contributed by atoms with Crippen molar-refractivity contribution in [3.05, 3.63) is 108 Å². The molecule has 3 aromatic carbocycles. The number of ketones is 1. The first-order valence-corrected chi connectivity index (χ1v) is 11.9. The van der Waals surface area contributed by atoms with E-state index in [-0.39, 0.29) is 11.3 Å². The number of thiazole rings is 1. The molecule has 1 aliphatic rings. The number of nitrogens with zero attached hydrogens (tertiary/aromatic N) is 2. The Bertz CT molecular complexity index is 1470. The van der Waals surface area contributed by atoms with E-state index in [2.05, 4.69) is 11.6 Å². The van der Waals surface area contributed by atoms with Crippen LogP contribution in [0.25, 0.3) is 16.0 Å². The summed E-state index contributed by atoms with van der Waals surface area (Å²) in [6.45, 7) is 6.00. The number of aromatic nitrogens is 1. The fourth-order valence-electron chi connectivity index (χ4n) is 4.12. The van der Waals surface area contributed by atoms with Gasteiger partial charge in [-0.05, 0) is 42.3 Å². The van der Waals surface area contributed by atoms with E-state index in [4.69, 9.17) is 4.74 Å². The summed E-state index contributed by atoms with van der Waals surface area (Å²) in [5.41, 5.74) is 2.96. The molecule has 0 saturated carbocycles. The lowest BCUT2D eigenvalue weighted by Crippen LogP contribution is -2.29. The third-order valence-electron chi connectivity index (χ3n) is 5.79. The number of ether oxygens (including phenoxy) is 1. The van der Waals surface area contributed by atoms with Crippen LogP contribution in [0.15, 0.2) is 91.0 Å². The molecule has 0 spiro atoms. The maximum absolute atomic E-state index is 13.3. The number of anilines is 1. The van der Waals surface area contributed by atoms with Crippen LogP contribution in [0.3, 0.4) is 0 Å². The van der Waals surface area contributed by atoms with Crippen LogP contribution in [0.5, 0.6) is 5.75 Å². The number of amides is 1. The Kier molecular flexibility index (Phi) is 5.93. The number of carbonyl (C=O) groups is 2. The van der Waals surface area contributed by atoms with Gasteiger partial charge in [-0.3, -0.25) is 14.5 Å². The van der Waals surface area contributed by atoms with Crippen molar-refractivity contribution in [1.29, 1.82) is 0 Å². The van der Waals surface area contributed by atoms with E-state index in [1.165, 1.54) is 16.2 Å². The van der Waals surface area contributed by atoms with E-state index >= 15 is 0 Å². The smallest absolute Gasteiger partial charge is 0.301 e. The lowest BCUT2D eigenvalue weighted by atomic mass is 9.95. The maximum atomic E-state index is 13.3. The molecule has 5 rings (SSSR count). The molecule has 1 amide bonds. The molecule has 0 aliphatic carbocycles. The van der Waals surface area contributed by atoms with Crippen LogP contribution in [-0.2, 0) is 9.59 Å². The van der Waals surface area contributed by atoms with Gasteiger partial charge in [0.1, 0.15) is 18.1 Å². The average molecular weight is 483 g/mol. The Morgan fingerprint density at radius 1 is 1.11 bits per heavy atom. The summed E-state index contributed by atoms with van der Waals surface area (Å²) in [5.74, 6) is -1.07. The number of fused-ring (bicyclic) bond motifs is 1. The Morgan fingerprint density at radius 3 is 2.57 bits per heavy atom. The highest BCUT2D eigenvalue weighted by atomic mass is 32.1. The van der Waals surface area contributed by atoms with Gasteiger partial charge in [0.2, 0.25) is 0 Å². The number of Topliss-reactive ketones (excluding diaryl/α,β-unsaturated/α-hetero) is 1. The van der Waals surface area contributed by atoms with Crippen molar-refractivity contribution < 1.29 is 19.4 Å². The van der Waals surface area contributed by atoms with E-state index in [0.717, 1.165) is 15.8 Å². The lowest BCUT2D eigenvalue weighted by Gasteiger charge is -2.23. The number of aryl methyl sites for hydroxylation is 1. The molecule has 7 heteroatoms. The van der Waals surface area contributed by atoms with Crippen LogP contribution in [0.4, 0.5) is 5.13 Å². The summed E-state index contributed by atoms with van der Waals surface area (Å²) in [6.07, 6.45) is 1.65. The summed E-state index contributed by atoms with van der Waals surface area (Å²) >= 11 is 1.34. The Balaban J connectivity index is 1.68. The van der Waals surface area contributed by atoms with Crippen molar-refractivity contribution in [1.82, 2.24) is 4.98 Å². The molecule has 1 unspecified atom stereocenters. The molecule has 1 fully saturated rings. The predicted octanol–water partition coefficient (Wildman–Crippen LogP) is 5.80. The third kappa shape index (κ3) is 4.11. The Morgan fingerprint density at radius 2 is 1.86 bits per heavy atom. The zero-order chi connectivity index (χ0) is 24.5. The van der Waals surface area contributed by atoms with E-state index in [9.17, 15) is 14.7 Å². The van der Waals surface area contributed by atoms with Crippen molar-refractivity contribution >= 4 is 44.1 Å². The zero-order valence-electron chi connectivity index (χ0n) is 19.0. The van der Waals surface area contributed by atoms with Gasteiger partial charge in [0.05, 0.1) is 21.8 Å². The number of benzene rings is 3. The van der Waals surface area contributed by atoms with Crippen LogP contribution in [0.2, 0.25) is 0 Å². The van der Waals surface area contributed by atoms with Gasteiger partial charge in [-0.2, -0.15) is 0 Å². The van der Waals surface area contributed by atoms with Gasteiger partial charge in [0.25, 0.3) is 5.78 Å². The molecule has 0 radical (unpaired) electrons. The number of aliphatic hydroxyl groups is 1. The van der Waals surface area contributed by atoms with Crippen molar-refractivity contribution in [2.24, 2.45) is 0 Å². The first-order chi connectivity index (χ1) is 17.0. The normalized spacial score (nSPS) is 17.2. The molecule has 1 N–H and O–H groups in total. The second kappa shape index (κ2) is 9.19. The highest BCUT2D eigenvalue weighted by Crippen LogP contribution is 2.44. The van der Waals surface area contributed by atoms with Crippen LogP contribution in [-0.4, -0.2) is 28.4 Å². The fourth-order valence-corrected chi connectivity index (χ4v) is 5.21. The molecule has 35 heavy (non-hydrogen) atoms. The van der Waals surface area contributed by atoms with Crippen LogP contribution in [0, 0.1) is 6.92 Å². The molecule has 4 aromatic rings. The van der Waals surface area contributed by atoms with Gasteiger partial charge in [0, 0.05) is 5.56 Å². The summed E-state index contributed by atoms with van der Waals surface area (Å²) in [6, 6.07) is 20.9. The first-order valence-electron chi connectivity index (χ1n) is 11.0. The zero-order valence-corrected chi connectivity index (χ0v) is 19.8. The summed E-state index contributed by atoms with van der Waals surface area (Å²) < 4.78 is 6.50. The lowest BCUT2D eigenvalue weighted by molar-refractivity contribution is -0.132. The molecule has 2 heterocycles. The molecular weight excluding hydrogens is 460 g/mol. The summed E-state index contributed by atoms with van der Waals surface area (Å²) in [7, 11) is 0. The van der Waals surface area contributed by atoms with E-state index in [1.807, 2.05) is 31.2 Å². The van der Waals surface area contributed by atoms with E-state index < -0.39 is 17.7 Å². The Labute approximate surface area is 206 Å². The maximum Gasteiger partial charge on any atom is 0.301 e. The number of hydrogen-bond acceptors (Lipinski definition) is 6. The highest BCUT2D eigenvalue weighted by molar-refractivity contribution is 7.22. The molecule has 6 nitrogen and oxygen atoms in total. The van der Waals surface area contributed by atoms with Crippen molar-refractivity contribution in [2.45, 2.75) is 13.0 Å². The van der Waals surface area contributed by atoms with Gasteiger partial charge in [-0.15, -0.1) is 0 Å². The van der Waals surface area contributed by atoms with Crippen molar-refractivity contribution in [3.63, 3.8) is 0 Å². The largest absolute Gasteiger partial charge is 0.507 e. The Hall–Kier alpha value is -4.23. The average Bonchev–Trinajstić information content (AvgIpc) is 3.40. The van der Waals surface area contributed by atoms with Gasteiger partial charge in [-0.1, -0.05) is 72.5 Å². The third-order valence-corrected chi connectivity index (χ3v) is 6.81. The quantitative estimate of drug-likeness (QED) is 0.163. The number of hydrogen-bond donors (Lipinski definition) is 1. The summed E-state index contributed by atoms with van der Waals surface area (Å²) in [5, 5.41) is 11.6. The molecule has 1 saturated heterocycles. The summed E-state index contributed by atoms with van der Waals surface area (Å²) in [4.78, 5) is 32.7. The molecule has 1 atom stereocenters. The van der Waals surface area contributed by atoms with Crippen LogP contribution in [0.1, 0.15) is 22.7 Å². The molecule has 1 aromatic heterocycles. The molecule has 174 valence electrons. The second-order valence-corrected chi connectivity index (χ2v) is 9.18. The van der Waals surface area contributed by atoms with Crippen LogP contribution >= 0.6 is 11.3 Å². The minimum atomic E-state index is -0.842. The minimum absolute atomic E-state index is 0.0244. The predicted molar refractivity (Wildman–Crippen MR) is 138 cm³/mol. The molecular formula is C28H22N2O4S. The van der Waals surface area contributed by atoms with E-state index in [1.54, 1.807) is 54.6 Å². The SMILES string of the molecule is C=CCOc1ccc(C2C(=C(O)c3ccccc3)C(=O)C(=O)N2c2nc3ccc(C)cc3s2)cc1. The second-order valence-electron chi connectivity index (χ2n) is 8.17. The standard InChI is InChI=1S/C28H22N2O4S/c1-3-15-34-20-12-10-18(11-13-20)24-23(25(31)19-7-5-4-6-8-19)26(32)27(33)30(24)28-29-21-14-9-17(2)16-22(21)35-28/h3-14,16,24,31H,1,15H2,2H3. The van der Waals surface area contributed by atoms with E-state index in [0.29, 0.717) is 28.6 Å². The monoisotopic (exact) mass is 482 g/mol. The van der Waals surface area contributed by atoms with Crippen molar-refractivity contribution in [2.75, 3.05) is 11.5 Å². The first kappa shape index (κ1) is 22.6. The fraction of sp³-hybridized carbons (Fsp3) is 0.107. The van der Waals surface area contributed by atoms with Gasteiger partial charge in [-0.25, -0.2) is 4.98 Å². The van der Waals surface area contributed by atoms with Crippen LogP contribution < -0.4 is 9.64 Å².